The van der Waals surface area contributed by atoms with Gasteiger partial charge in [-0.25, -0.2) is 4.79 Å². The second-order valence-corrected chi connectivity index (χ2v) is 8.39. The minimum atomic E-state index is -0.260. The molecule has 2 heterocycles. The molecular weight excluding hydrogens is 406 g/mol. The van der Waals surface area contributed by atoms with Crippen molar-refractivity contribution in [3.63, 3.8) is 0 Å². The second-order valence-electron chi connectivity index (χ2n) is 8.39. The van der Waals surface area contributed by atoms with Gasteiger partial charge in [0.1, 0.15) is 24.5 Å². The maximum atomic E-state index is 12.6. The first-order valence-corrected chi connectivity index (χ1v) is 11.0. The number of para-hydroxylation sites is 1. The van der Waals surface area contributed by atoms with Gasteiger partial charge in [0.2, 0.25) is 0 Å². The number of hydrogen-bond acceptors (Lipinski definition) is 6. The van der Waals surface area contributed by atoms with Gasteiger partial charge in [0.05, 0.1) is 0 Å². The Balaban J connectivity index is 1.30. The maximum absolute atomic E-state index is 12.6. The summed E-state index contributed by atoms with van der Waals surface area (Å²) in [7, 11) is 1.87. The van der Waals surface area contributed by atoms with Gasteiger partial charge in [-0.05, 0) is 31.5 Å². The number of aromatic nitrogens is 2. The number of anilines is 1. The zero-order valence-electron chi connectivity index (χ0n) is 18.9. The molecule has 1 aliphatic heterocycles. The van der Waals surface area contributed by atoms with E-state index in [1.54, 1.807) is 9.58 Å². The Hall–Kier alpha value is -3.26. The molecule has 1 aliphatic rings. The quantitative estimate of drug-likeness (QED) is 0.637. The van der Waals surface area contributed by atoms with E-state index in [1.807, 2.05) is 55.6 Å². The van der Waals surface area contributed by atoms with Crippen molar-refractivity contribution in [2.24, 2.45) is 7.05 Å². The highest BCUT2D eigenvalue weighted by molar-refractivity contribution is 5.93. The summed E-state index contributed by atoms with van der Waals surface area (Å²) in [6.45, 7) is 7.12. The zero-order chi connectivity index (χ0) is 22.7. The van der Waals surface area contributed by atoms with E-state index in [2.05, 4.69) is 23.8 Å². The van der Waals surface area contributed by atoms with Crippen LogP contribution in [0.3, 0.4) is 0 Å². The number of piperazine rings is 1. The first-order valence-electron chi connectivity index (χ1n) is 11.0. The number of aryl methyl sites for hydroxylation is 1. The number of carbonyl (C=O) groups is 1. The van der Waals surface area contributed by atoms with Crippen molar-refractivity contribution in [2.75, 3.05) is 32.0 Å². The highest BCUT2D eigenvalue weighted by atomic mass is 16.6. The average molecular weight is 438 g/mol. The van der Waals surface area contributed by atoms with Gasteiger partial charge in [-0.2, -0.15) is 5.10 Å². The SMILES string of the molecule is C[C@@H]1CN(C(=O)OCc2ccccc2)C[C@H](C)N1CCOc1cccc2c(N)nn(C)c12. The number of amides is 1. The van der Waals surface area contributed by atoms with Crippen LogP contribution in [-0.4, -0.2) is 64.0 Å². The summed E-state index contributed by atoms with van der Waals surface area (Å²) in [5, 5.41) is 5.18. The van der Waals surface area contributed by atoms with Gasteiger partial charge < -0.3 is 20.1 Å². The number of fused-ring (bicyclic) bond motifs is 1. The summed E-state index contributed by atoms with van der Waals surface area (Å²) in [5.41, 5.74) is 7.87. The molecule has 8 nitrogen and oxygen atoms in total. The number of nitrogens with zero attached hydrogens (tertiary/aromatic N) is 4. The highest BCUT2D eigenvalue weighted by Gasteiger charge is 2.32. The Morgan fingerprint density at radius 3 is 2.53 bits per heavy atom. The van der Waals surface area contributed by atoms with Crippen molar-refractivity contribution in [3.8, 4) is 5.75 Å². The lowest BCUT2D eigenvalue weighted by Gasteiger charge is -2.43. The lowest BCUT2D eigenvalue weighted by atomic mass is 10.1. The molecule has 0 unspecified atom stereocenters. The van der Waals surface area contributed by atoms with Crippen LogP contribution >= 0.6 is 0 Å². The first-order chi connectivity index (χ1) is 15.4. The number of carbonyl (C=O) groups excluding carboxylic acids is 1. The van der Waals surface area contributed by atoms with Crippen molar-refractivity contribution in [1.82, 2.24) is 19.6 Å². The minimum absolute atomic E-state index is 0.203. The number of ether oxygens (including phenoxy) is 2. The molecule has 1 aromatic heterocycles. The van der Waals surface area contributed by atoms with Gasteiger partial charge in [-0.15, -0.1) is 0 Å². The van der Waals surface area contributed by atoms with E-state index < -0.39 is 0 Å². The topological polar surface area (TPSA) is 85.8 Å². The molecule has 32 heavy (non-hydrogen) atoms. The van der Waals surface area contributed by atoms with Gasteiger partial charge in [0, 0.05) is 44.2 Å². The van der Waals surface area contributed by atoms with E-state index in [9.17, 15) is 4.79 Å². The number of benzene rings is 2. The molecule has 2 atom stereocenters. The molecule has 170 valence electrons. The molecule has 1 fully saturated rings. The Bertz CT molecular complexity index is 1060. The molecule has 2 N–H and O–H groups in total. The number of hydrogen-bond donors (Lipinski definition) is 1. The lowest BCUT2D eigenvalue weighted by Crippen LogP contribution is -2.58. The molecule has 3 aromatic rings. The number of nitrogen functional groups attached to an aromatic ring is 1. The predicted molar refractivity (Wildman–Crippen MR) is 124 cm³/mol. The third kappa shape index (κ3) is 4.65. The Labute approximate surface area is 188 Å². The first kappa shape index (κ1) is 22.0. The molecule has 8 heteroatoms. The van der Waals surface area contributed by atoms with Crippen molar-refractivity contribution in [3.05, 3.63) is 54.1 Å². The predicted octanol–water partition coefficient (Wildman–Crippen LogP) is 3.27. The molecule has 0 bridgehead atoms. The van der Waals surface area contributed by atoms with E-state index in [1.165, 1.54) is 0 Å². The number of rotatable bonds is 6. The van der Waals surface area contributed by atoms with Gasteiger partial charge in [-0.1, -0.05) is 36.4 Å². The van der Waals surface area contributed by atoms with E-state index in [4.69, 9.17) is 15.2 Å². The van der Waals surface area contributed by atoms with Gasteiger partial charge in [-0.3, -0.25) is 9.58 Å². The van der Waals surface area contributed by atoms with Crippen LogP contribution in [0, 0.1) is 0 Å². The molecular formula is C24H31N5O3. The van der Waals surface area contributed by atoms with Crippen molar-refractivity contribution >= 4 is 22.8 Å². The normalized spacial score (nSPS) is 19.3. The zero-order valence-corrected chi connectivity index (χ0v) is 18.9. The standard InChI is InChI=1S/C24H31N5O3/c1-17-14-28(24(30)32-16-19-8-5-4-6-9-19)15-18(2)29(17)12-13-31-21-11-7-10-20-22(21)27(3)26-23(20)25/h4-11,17-18H,12-16H2,1-3H3,(H2,25,26)/t17-,18+. The Morgan fingerprint density at radius 2 is 1.81 bits per heavy atom. The van der Waals surface area contributed by atoms with E-state index in [-0.39, 0.29) is 18.2 Å². The Kier molecular flexibility index (Phi) is 6.50. The van der Waals surface area contributed by atoms with Crippen molar-refractivity contribution < 1.29 is 14.3 Å². The monoisotopic (exact) mass is 437 g/mol. The molecule has 2 aromatic carbocycles. The summed E-state index contributed by atoms with van der Waals surface area (Å²) in [5.74, 6) is 1.28. The van der Waals surface area contributed by atoms with Crippen molar-refractivity contribution in [1.29, 1.82) is 0 Å². The molecule has 4 rings (SSSR count). The summed E-state index contributed by atoms with van der Waals surface area (Å²) < 4.78 is 13.4. The van der Waals surface area contributed by atoms with Crippen LogP contribution < -0.4 is 10.5 Å². The largest absolute Gasteiger partial charge is 0.490 e. The van der Waals surface area contributed by atoms with Crippen LogP contribution in [0.4, 0.5) is 10.6 Å². The average Bonchev–Trinajstić information content (AvgIpc) is 3.08. The fourth-order valence-electron chi connectivity index (χ4n) is 4.46. The van der Waals surface area contributed by atoms with Crippen LogP contribution in [0.1, 0.15) is 19.4 Å². The molecule has 0 radical (unpaired) electrons. The van der Waals surface area contributed by atoms with E-state index >= 15 is 0 Å². The fourth-order valence-corrected chi connectivity index (χ4v) is 4.46. The molecule has 0 saturated carbocycles. The summed E-state index contributed by atoms with van der Waals surface area (Å²) in [4.78, 5) is 16.7. The summed E-state index contributed by atoms with van der Waals surface area (Å²) in [6, 6.07) is 16.0. The molecule has 0 aliphatic carbocycles. The molecule has 1 amide bonds. The van der Waals surface area contributed by atoms with Gasteiger partial charge in [0.15, 0.2) is 5.82 Å². The Morgan fingerprint density at radius 1 is 1.09 bits per heavy atom. The molecule has 0 spiro atoms. The smallest absolute Gasteiger partial charge is 0.410 e. The van der Waals surface area contributed by atoms with Crippen LogP contribution in [0.2, 0.25) is 0 Å². The number of nitrogens with two attached hydrogens (primary N) is 1. The van der Waals surface area contributed by atoms with E-state index in [0.717, 1.165) is 28.8 Å². The van der Waals surface area contributed by atoms with E-state index in [0.29, 0.717) is 32.1 Å². The van der Waals surface area contributed by atoms with Crippen LogP contribution in [0.25, 0.3) is 10.9 Å². The van der Waals surface area contributed by atoms with Crippen LogP contribution in [0.15, 0.2) is 48.5 Å². The van der Waals surface area contributed by atoms with Crippen LogP contribution in [0.5, 0.6) is 5.75 Å². The summed E-state index contributed by atoms with van der Waals surface area (Å²) >= 11 is 0. The van der Waals surface area contributed by atoms with Gasteiger partial charge >= 0.3 is 6.09 Å². The maximum Gasteiger partial charge on any atom is 0.410 e. The second kappa shape index (κ2) is 9.48. The van der Waals surface area contributed by atoms with Crippen LogP contribution in [-0.2, 0) is 18.4 Å². The summed E-state index contributed by atoms with van der Waals surface area (Å²) in [6.07, 6.45) is -0.260. The lowest BCUT2D eigenvalue weighted by molar-refractivity contribution is 0.0194. The molecule has 1 saturated heterocycles. The highest BCUT2D eigenvalue weighted by Crippen LogP contribution is 2.28. The fraction of sp³-hybridized carbons (Fsp3) is 0.417. The van der Waals surface area contributed by atoms with Crippen molar-refractivity contribution in [2.45, 2.75) is 32.5 Å². The third-order valence-electron chi connectivity index (χ3n) is 6.03. The van der Waals surface area contributed by atoms with Gasteiger partial charge in [0.25, 0.3) is 0 Å². The third-order valence-corrected chi connectivity index (χ3v) is 6.03. The minimum Gasteiger partial charge on any atom is -0.490 e.